The molecule has 1 aliphatic heterocycles. The summed E-state index contributed by atoms with van der Waals surface area (Å²) in [5.41, 5.74) is 3.03. The smallest absolute Gasteiger partial charge is 0.270 e. The van der Waals surface area contributed by atoms with Crippen molar-refractivity contribution < 1.29 is 4.57 Å². The Hall–Kier alpha value is -3.30. The largest absolute Gasteiger partial charge is 0.286 e. The van der Waals surface area contributed by atoms with Crippen molar-refractivity contribution in [2.24, 2.45) is 0 Å². The van der Waals surface area contributed by atoms with Gasteiger partial charge in [0.15, 0.2) is 0 Å². The van der Waals surface area contributed by atoms with Crippen molar-refractivity contribution in [1.29, 1.82) is 5.26 Å². The van der Waals surface area contributed by atoms with E-state index in [4.69, 9.17) is 0 Å². The second-order valence-corrected chi connectivity index (χ2v) is 13.2. The van der Waals surface area contributed by atoms with Crippen LogP contribution in [0.4, 0.5) is 0 Å². The van der Waals surface area contributed by atoms with Crippen molar-refractivity contribution in [3.05, 3.63) is 130 Å². The minimum atomic E-state index is -3.35. The van der Waals surface area contributed by atoms with Crippen LogP contribution in [-0.4, -0.2) is 22.4 Å². The fraction of sp³-hybridized carbons (Fsp3) is 0.156. The predicted octanol–water partition coefficient (Wildman–Crippen LogP) is 8.04. The topological polar surface area (TPSA) is 59.4 Å². The van der Waals surface area contributed by atoms with Crippen LogP contribution in [0.1, 0.15) is 22.7 Å². The third kappa shape index (κ3) is 5.17. The molecule has 6 rings (SSSR count). The summed E-state index contributed by atoms with van der Waals surface area (Å²) in [5.74, 6) is 0. The van der Waals surface area contributed by atoms with Crippen LogP contribution >= 0.6 is 23.5 Å². The molecule has 5 aromatic rings. The summed E-state index contributed by atoms with van der Waals surface area (Å²) < 4.78 is 20.1. The fourth-order valence-corrected chi connectivity index (χ4v) is 8.53. The van der Waals surface area contributed by atoms with Crippen molar-refractivity contribution in [3.63, 3.8) is 0 Å². The summed E-state index contributed by atoms with van der Waals surface area (Å²) in [5, 5.41) is 18.2. The normalized spacial score (nSPS) is 16.4. The molecular weight excluding hydrogens is 567 g/mol. The van der Waals surface area contributed by atoms with E-state index in [1.807, 2.05) is 57.9 Å². The highest BCUT2D eigenvalue weighted by Crippen LogP contribution is 2.56. The molecule has 1 fully saturated rings. The molecule has 0 radical (unpaired) electrons. The maximum atomic E-state index is 15.2. The molecule has 1 N–H and O–H groups in total. The lowest BCUT2D eigenvalue weighted by atomic mass is 10.0. The Labute approximate surface area is 237 Å². The first-order chi connectivity index (χ1) is 19.0. The lowest BCUT2D eigenvalue weighted by Gasteiger charge is -2.33. The van der Waals surface area contributed by atoms with E-state index in [2.05, 4.69) is 87.8 Å². The van der Waals surface area contributed by atoms with Crippen LogP contribution in [-0.2, 0) is 17.7 Å². The van der Waals surface area contributed by atoms with Crippen LogP contribution < -0.4 is 5.09 Å². The summed E-state index contributed by atoms with van der Waals surface area (Å²) in [6.45, 7) is 2.31. The van der Waals surface area contributed by atoms with Gasteiger partial charge in [0.05, 0.1) is 6.07 Å². The monoisotopic (exact) mass is 594 g/mol. The molecule has 5 aromatic carbocycles. The molecule has 0 amide bonds. The Morgan fingerprint density at radius 1 is 0.769 bits per heavy atom. The molecule has 7 heteroatoms. The van der Waals surface area contributed by atoms with Gasteiger partial charge in [0.2, 0.25) is 0 Å². The van der Waals surface area contributed by atoms with Crippen LogP contribution in [0.5, 0.6) is 0 Å². The molecule has 1 atom stereocenters. The summed E-state index contributed by atoms with van der Waals surface area (Å²) >= 11 is 3.52. The van der Waals surface area contributed by atoms with Gasteiger partial charge in [0.1, 0.15) is 6.04 Å². The molecule has 0 unspecified atom stereocenters. The molecular formula is C32H28BrN4OP. The molecule has 39 heavy (non-hydrogen) atoms. The fourth-order valence-electron chi connectivity index (χ4n) is 5.48. The Balaban J connectivity index is 1.39. The molecule has 1 aliphatic rings. The molecule has 0 saturated carbocycles. The number of halogens is 1. The van der Waals surface area contributed by atoms with Crippen LogP contribution in [0.3, 0.4) is 0 Å². The van der Waals surface area contributed by atoms with Gasteiger partial charge >= 0.3 is 0 Å². The van der Waals surface area contributed by atoms with Crippen LogP contribution in [0.2, 0.25) is 0 Å². The molecule has 194 valence electrons. The average Bonchev–Trinajstić information content (AvgIpc) is 3.26. The van der Waals surface area contributed by atoms with Crippen molar-refractivity contribution in [2.45, 2.75) is 19.1 Å². The molecule has 0 spiro atoms. The second-order valence-electron chi connectivity index (χ2n) is 9.84. The standard InChI is InChI=1S/C32H28BrN4OP/c33-29-15-7-12-26(20-29)32(21-34)35-39(38)36(22-27-13-5-10-24-8-1-3-16-30(24)27)18-19-37(39)23-28-14-6-11-25-9-2-4-17-31(25)28/h1-17,20,32H,18-19,22-23H2,(H,35,38)/t32-/m1/s1. The van der Waals surface area contributed by atoms with Crippen molar-refractivity contribution in [1.82, 2.24) is 14.4 Å². The SMILES string of the molecule is N#C[C@@H](NP1(=O)N(Cc2cccc3ccccc23)CCN1Cc1cccc2ccccc12)c1cccc(Br)c1. The third-order valence-electron chi connectivity index (χ3n) is 7.46. The van der Waals surface area contributed by atoms with E-state index < -0.39 is 13.6 Å². The zero-order chi connectivity index (χ0) is 26.8. The van der Waals surface area contributed by atoms with Crippen LogP contribution in [0.15, 0.2) is 114 Å². The number of rotatable bonds is 7. The maximum absolute atomic E-state index is 15.2. The summed E-state index contributed by atoms with van der Waals surface area (Å²) in [6.07, 6.45) is 0. The van der Waals surface area contributed by atoms with E-state index in [9.17, 15) is 5.26 Å². The van der Waals surface area contributed by atoms with Crippen molar-refractivity contribution in [3.8, 4) is 6.07 Å². The van der Waals surface area contributed by atoms with E-state index in [0.717, 1.165) is 42.7 Å². The minimum Gasteiger partial charge on any atom is -0.270 e. The highest BCUT2D eigenvalue weighted by molar-refractivity contribution is 9.10. The van der Waals surface area contributed by atoms with Crippen molar-refractivity contribution >= 4 is 45.1 Å². The third-order valence-corrected chi connectivity index (χ3v) is 10.8. The highest BCUT2D eigenvalue weighted by Gasteiger charge is 2.44. The molecule has 0 aromatic heterocycles. The first-order valence-electron chi connectivity index (χ1n) is 13.0. The van der Waals surface area contributed by atoms with Gasteiger partial charge in [-0.15, -0.1) is 0 Å². The molecule has 0 aliphatic carbocycles. The van der Waals surface area contributed by atoms with Gasteiger partial charge in [-0.3, -0.25) is 4.57 Å². The van der Waals surface area contributed by atoms with Crippen LogP contribution in [0.25, 0.3) is 21.5 Å². The van der Waals surface area contributed by atoms with E-state index >= 15 is 4.57 Å². The summed E-state index contributed by atoms with van der Waals surface area (Å²) in [6, 6.07) is 38.4. The second kappa shape index (κ2) is 11.1. The number of benzene rings is 5. The summed E-state index contributed by atoms with van der Waals surface area (Å²) in [4.78, 5) is 0. The van der Waals surface area contributed by atoms with Gasteiger partial charge in [-0.2, -0.15) is 5.26 Å². The van der Waals surface area contributed by atoms with Crippen molar-refractivity contribution in [2.75, 3.05) is 13.1 Å². The Kier molecular flexibility index (Phi) is 7.36. The number of fused-ring (bicyclic) bond motifs is 2. The lowest BCUT2D eigenvalue weighted by Crippen LogP contribution is -2.31. The number of nitriles is 1. The first-order valence-corrected chi connectivity index (χ1v) is 15.4. The molecule has 1 saturated heterocycles. The lowest BCUT2D eigenvalue weighted by molar-refractivity contribution is 0.416. The van der Waals surface area contributed by atoms with Gasteiger partial charge in [0, 0.05) is 30.7 Å². The quantitative estimate of drug-likeness (QED) is 0.193. The Bertz CT molecular complexity index is 1650. The number of nitrogens with zero attached hydrogens (tertiary/aromatic N) is 3. The van der Waals surface area contributed by atoms with Gasteiger partial charge in [-0.1, -0.05) is 113 Å². The minimum absolute atomic E-state index is 0.522. The number of hydrogen-bond acceptors (Lipinski definition) is 2. The number of hydrogen-bond donors (Lipinski definition) is 1. The average molecular weight is 595 g/mol. The predicted molar refractivity (Wildman–Crippen MR) is 162 cm³/mol. The number of nitrogens with one attached hydrogen (secondary N) is 1. The molecule has 1 heterocycles. The summed E-state index contributed by atoms with van der Waals surface area (Å²) in [7, 11) is -3.35. The van der Waals surface area contributed by atoms with Gasteiger partial charge in [0.25, 0.3) is 7.59 Å². The van der Waals surface area contributed by atoms with E-state index in [1.165, 1.54) is 0 Å². The Morgan fingerprint density at radius 2 is 1.28 bits per heavy atom. The molecule has 0 bridgehead atoms. The van der Waals surface area contributed by atoms with Crippen LogP contribution in [0, 0.1) is 11.3 Å². The van der Waals surface area contributed by atoms with Gasteiger partial charge in [-0.05, 0) is 50.4 Å². The maximum Gasteiger partial charge on any atom is 0.286 e. The van der Waals surface area contributed by atoms with Gasteiger partial charge in [-0.25, -0.2) is 14.4 Å². The highest BCUT2D eigenvalue weighted by atomic mass is 79.9. The van der Waals surface area contributed by atoms with Gasteiger partial charge < -0.3 is 0 Å². The van der Waals surface area contributed by atoms with E-state index in [1.54, 1.807) is 0 Å². The Morgan fingerprint density at radius 3 is 1.82 bits per heavy atom. The molecule has 5 nitrogen and oxygen atoms in total. The zero-order valence-corrected chi connectivity index (χ0v) is 23.9. The zero-order valence-electron chi connectivity index (χ0n) is 21.4. The first kappa shape index (κ1) is 26.0. The van der Waals surface area contributed by atoms with E-state index in [-0.39, 0.29) is 0 Å². The van der Waals surface area contributed by atoms with E-state index in [0.29, 0.717) is 26.2 Å².